The minimum Gasteiger partial charge on any atom is -0.312 e. The lowest BCUT2D eigenvalue weighted by atomic mass is 10.1. The summed E-state index contributed by atoms with van der Waals surface area (Å²) >= 11 is 6.01. The number of aromatic amines is 1. The van der Waals surface area contributed by atoms with E-state index >= 15 is 0 Å². The standard InChI is InChI=1S/C14H18ClN3/c1-10(2)7-16-8-12-9-17-18-14(12)11-4-3-5-13(15)6-11/h3-6,9-10,16H,7-8H2,1-2H3,(H,17,18). The summed E-state index contributed by atoms with van der Waals surface area (Å²) in [4.78, 5) is 0. The number of halogens is 1. The van der Waals surface area contributed by atoms with Crippen molar-refractivity contribution >= 4 is 11.6 Å². The molecule has 0 saturated carbocycles. The van der Waals surface area contributed by atoms with Crippen LogP contribution in [0.3, 0.4) is 0 Å². The summed E-state index contributed by atoms with van der Waals surface area (Å²) in [5, 5.41) is 11.3. The van der Waals surface area contributed by atoms with Crippen LogP contribution >= 0.6 is 11.6 Å². The van der Waals surface area contributed by atoms with E-state index in [1.54, 1.807) is 0 Å². The Balaban J connectivity index is 2.12. The summed E-state index contributed by atoms with van der Waals surface area (Å²) in [6.45, 7) is 6.21. The number of benzene rings is 1. The molecule has 0 aliphatic carbocycles. The molecular formula is C14H18ClN3. The van der Waals surface area contributed by atoms with E-state index in [0.717, 1.165) is 34.9 Å². The highest BCUT2D eigenvalue weighted by Crippen LogP contribution is 2.23. The predicted octanol–water partition coefficient (Wildman–Crippen LogP) is 3.48. The predicted molar refractivity (Wildman–Crippen MR) is 75.6 cm³/mol. The zero-order valence-electron chi connectivity index (χ0n) is 10.7. The van der Waals surface area contributed by atoms with Crippen molar-refractivity contribution in [1.82, 2.24) is 15.5 Å². The summed E-state index contributed by atoms with van der Waals surface area (Å²) in [5.74, 6) is 0.645. The maximum Gasteiger partial charge on any atom is 0.0695 e. The second-order valence-electron chi connectivity index (χ2n) is 4.81. The van der Waals surface area contributed by atoms with Crippen LogP contribution in [0.25, 0.3) is 11.3 Å². The Kier molecular flexibility index (Phi) is 4.39. The van der Waals surface area contributed by atoms with Crippen molar-refractivity contribution in [3.8, 4) is 11.3 Å². The molecule has 1 aromatic heterocycles. The van der Waals surface area contributed by atoms with E-state index in [1.165, 1.54) is 0 Å². The van der Waals surface area contributed by atoms with Gasteiger partial charge in [-0.15, -0.1) is 0 Å². The van der Waals surface area contributed by atoms with Gasteiger partial charge in [0, 0.05) is 22.7 Å². The normalized spacial score (nSPS) is 11.1. The molecule has 0 amide bonds. The number of hydrogen-bond acceptors (Lipinski definition) is 2. The molecule has 0 fully saturated rings. The molecule has 0 unspecified atom stereocenters. The molecule has 0 spiro atoms. The first-order valence-corrected chi connectivity index (χ1v) is 6.53. The minimum atomic E-state index is 0.645. The highest BCUT2D eigenvalue weighted by atomic mass is 35.5. The molecule has 1 heterocycles. The lowest BCUT2D eigenvalue weighted by Gasteiger charge is -2.08. The van der Waals surface area contributed by atoms with Crippen molar-refractivity contribution in [2.75, 3.05) is 6.54 Å². The zero-order valence-corrected chi connectivity index (χ0v) is 11.5. The van der Waals surface area contributed by atoms with Gasteiger partial charge in [-0.3, -0.25) is 5.10 Å². The molecule has 2 aromatic rings. The smallest absolute Gasteiger partial charge is 0.0695 e. The average Bonchev–Trinajstić information content (AvgIpc) is 2.77. The van der Waals surface area contributed by atoms with Gasteiger partial charge in [0.2, 0.25) is 0 Å². The lowest BCUT2D eigenvalue weighted by Crippen LogP contribution is -2.19. The van der Waals surface area contributed by atoms with Crippen molar-refractivity contribution in [2.45, 2.75) is 20.4 Å². The number of hydrogen-bond donors (Lipinski definition) is 2. The Hall–Kier alpha value is -1.32. The van der Waals surface area contributed by atoms with Gasteiger partial charge in [0.1, 0.15) is 0 Å². The van der Waals surface area contributed by atoms with Crippen LogP contribution in [-0.2, 0) is 6.54 Å². The first-order chi connectivity index (χ1) is 8.66. The molecular weight excluding hydrogens is 246 g/mol. The molecule has 0 saturated heterocycles. The Morgan fingerprint density at radius 3 is 2.94 bits per heavy atom. The van der Waals surface area contributed by atoms with Gasteiger partial charge < -0.3 is 5.32 Å². The maximum absolute atomic E-state index is 6.01. The van der Waals surface area contributed by atoms with Crippen molar-refractivity contribution in [3.05, 3.63) is 41.0 Å². The molecule has 96 valence electrons. The maximum atomic E-state index is 6.01. The summed E-state index contributed by atoms with van der Waals surface area (Å²) in [6.07, 6.45) is 1.86. The lowest BCUT2D eigenvalue weighted by molar-refractivity contribution is 0.553. The van der Waals surface area contributed by atoms with Gasteiger partial charge in [0.05, 0.1) is 11.9 Å². The first-order valence-electron chi connectivity index (χ1n) is 6.15. The molecule has 0 bridgehead atoms. The molecule has 18 heavy (non-hydrogen) atoms. The molecule has 2 N–H and O–H groups in total. The van der Waals surface area contributed by atoms with Crippen LogP contribution in [0.2, 0.25) is 5.02 Å². The summed E-state index contributed by atoms with van der Waals surface area (Å²) < 4.78 is 0. The largest absolute Gasteiger partial charge is 0.312 e. The zero-order chi connectivity index (χ0) is 13.0. The molecule has 0 aliphatic rings. The summed E-state index contributed by atoms with van der Waals surface area (Å²) in [5.41, 5.74) is 3.27. The summed E-state index contributed by atoms with van der Waals surface area (Å²) in [7, 11) is 0. The van der Waals surface area contributed by atoms with E-state index in [4.69, 9.17) is 11.6 Å². The van der Waals surface area contributed by atoms with E-state index in [2.05, 4.69) is 29.4 Å². The third-order valence-electron chi connectivity index (χ3n) is 2.70. The van der Waals surface area contributed by atoms with Crippen molar-refractivity contribution in [1.29, 1.82) is 0 Å². The van der Waals surface area contributed by atoms with Crippen LogP contribution in [0.15, 0.2) is 30.5 Å². The van der Waals surface area contributed by atoms with Crippen LogP contribution in [-0.4, -0.2) is 16.7 Å². The number of nitrogens with one attached hydrogen (secondary N) is 2. The van der Waals surface area contributed by atoms with Gasteiger partial charge in [-0.25, -0.2) is 0 Å². The van der Waals surface area contributed by atoms with Crippen LogP contribution < -0.4 is 5.32 Å². The molecule has 4 heteroatoms. The van der Waals surface area contributed by atoms with Crippen LogP contribution in [0.1, 0.15) is 19.4 Å². The first kappa shape index (κ1) is 13.1. The van der Waals surface area contributed by atoms with Gasteiger partial charge in [0.25, 0.3) is 0 Å². The van der Waals surface area contributed by atoms with Gasteiger partial charge in [-0.1, -0.05) is 37.6 Å². The van der Waals surface area contributed by atoms with Gasteiger partial charge in [-0.05, 0) is 24.6 Å². The number of aromatic nitrogens is 2. The van der Waals surface area contributed by atoms with Crippen molar-refractivity contribution in [2.24, 2.45) is 5.92 Å². The van der Waals surface area contributed by atoms with Crippen molar-refractivity contribution in [3.63, 3.8) is 0 Å². The van der Waals surface area contributed by atoms with E-state index in [9.17, 15) is 0 Å². The quantitative estimate of drug-likeness (QED) is 0.867. The number of H-pyrrole nitrogens is 1. The summed E-state index contributed by atoms with van der Waals surface area (Å²) in [6, 6.07) is 7.80. The SMILES string of the molecule is CC(C)CNCc1cn[nH]c1-c1cccc(Cl)c1. The Labute approximate surface area is 113 Å². The fraction of sp³-hybridized carbons (Fsp3) is 0.357. The second kappa shape index (κ2) is 6.03. The minimum absolute atomic E-state index is 0.645. The average molecular weight is 264 g/mol. The monoisotopic (exact) mass is 263 g/mol. The molecule has 0 atom stereocenters. The molecule has 2 rings (SSSR count). The Bertz CT molecular complexity index is 505. The fourth-order valence-corrected chi connectivity index (χ4v) is 2.02. The van der Waals surface area contributed by atoms with E-state index in [0.29, 0.717) is 5.92 Å². The highest BCUT2D eigenvalue weighted by molar-refractivity contribution is 6.30. The number of rotatable bonds is 5. The van der Waals surface area contributed by atoms with Gasteiger partial charge in [0.15, 0.2) is 0 Å². The van der Waals surface area contributed by atoms with Crippen LogP contribution in [0.5, 0.6) is 0 Å². The molecule has 0 radical (unpaired) electrons. The van der Waals surface area contributed by atoms with Gasteiger partial charge in [-0.2, -0.15) is 5.10 Å². The third kappa shape index (κ3) is 3.34. The van der Waals surface area contributed by atoms with E-state index in [1.807, 2.05) is 30.5 Å². The van der Waals surface area contributed by atoms with Crippen molar-refractivity contribution < 1.29 is 0 Å². The van der Waals surface area contributed by atoms with E-state index < -0.39 is 0 Å². The third-order valence-corrected chi connectivity index (χ3v) is 2.93. The second-order valence-corrected chi connectivity index (χ2v) is 5.24. The Morgan fingerprint density at radius 1 is 1.39 bits per heavy atom. The molecule has 3 nitrogen and oxygen atoms in total. The molecule has 0 aliphatic heterocycles. The fourth-order valence-electron chi connectivity index (χ4n) is 1.83. The van der Waals surface area contributed by atoms with Crippen LogP contribution in [0.4, 0.5) is 0 Å². The topological polar surface area (TPSA) is 40.7 Å². The van der Waals surface area contributed by atoms with Gasteiger partial charge >= 0.3 is 0 Å². The Morgan fingerprint density at radius 2 is 2.22 bits per heavy atom. The number of nitrogens with zero attached hydrogens (tertiary/aromatic N) is 1. The van der Waals surface area contributed by atoms with Crippen LogP contribution in [0, 0.1) is 5.92 Å². The molecule has 1 aromatic carbocycles. The van der Waals surface area contributed by atoms with E-state index in [-0.39, 0.29) is 0 Å². The highest BCUT2D eigenvalue weighted by Gasteiger charge is 2.07.